The Hall–Kier alpha value is -4.19. The number of pyridine rings is 1. The summed E-state index contributed by atoms with van der Waals surface area (Å²) in [6, 6.07) is 13.1. The van der Waals surface area contributed by atoms with E-state index in [0.717, 1.165) is 30.2 Å². The average molecular weight is 443 g/mol. The Balaban J connectivity index is 1.34. The highest BCUT2D eigenvalue weighted by atomic mass is 19.1. The van der Waals surface area contributed by atoms with E-state index >= 15 is 0 Å². The van der Waals surface area contributed by atoms with Crippen molar-refractivity contribution in [2.24, 2.45) is 0 Å². The van der Waals surface area contributed by atoms with Crippen LogP contribution in [0, 0.1) is 17.1 Å². The summed E-state index contributed by atoms with van der Waals surface area (Å²) >= 11 is 0. The lowest BCUT2D eigenvalue weighted by molar-refractivity contribution is 0.418. The lowest BCUT2D eigenvalue weighted by atomic mass is 10.1. The largest absolute Gasteiger partial charge is 0.496 e. The molecule has 1 aliphatic heterocycles. The van der Waals surface area contributed by atoms with Gasteiger partial charge < -0.3 is 19.5 Å². The van der Waals surface area contributed by atoms with E-state index in [-0.39, 0.29) is 5.69 Å². The van der Waals surface area contributed by atoms with Crippen molar-refractivity contribution in [3.05, 3.63) is 60.4 Å². The summed E-state index contributed by atoms with van der Waals surface area (Å²) in [4.78, 5) is 15.4. The Bertz CT molecular complexity index is 1360. The Morgan fingerprint density at radius 2 is 2.06 bits per heavy atom. The van der Waals surface area contributed by atoms with Crippen LogP contribution in [-0.2, 0) is 6.54 Å². The van der Waals surface area contributed by atoms with Gasteiger partial charge in [0.1, 0.15) is 29.8 Å². The fourth-order valence-corrected chi connectivity index (χ4v) is 4.04. The molecule has 0 atom stereocenters. The molecule has 0 bridgehead atoms. The molecule has 33 heavy (non-hydrogen) atoms. The predicted molar refractivity (Wildman–Crippen MR) is 124 cm³/mol. The number of fused-ring (bicyclic) bond motifs is 1. The molecule has 0 amide bonds. The quantitative estimate of drug-likeness (QED) is 0.464. The first kappa shape index (κ1) is 20.7. The zero-order chi connectivity index (χ0) is 22.8. The Morgan fingerprint density at radius 3 is 2.82 bits per heavy atom. The number of nitrogens with one attached hydrogen (secondary N) is 1. The molecule has 0 saturated carbocycles. The molecular weight excluding hydrogens is 421 g/mol. The van der Waals surface area contributed by atoms with Gasteiger partial charge in [-0.05, 0) is 30.7 Å². The van der Waals surface area contributed by atoms with Crippen LogP contribution in [0.5, 0.6) is 5.75 Å². The van der Waals surface area contributed by atoms with Gasteiger partial charge >= 0.3 is 0 Å². The first-order valence-electron chi connectivity index (χ1n) is 10.7. The van der Waals surface area contributed by atoms with Crippen LogP contribution in [0.4, 0.5) is 16.0 Å². The maximum absolute atomic E-state index is 14.9. The molecule has 1 saturated heterocycles. The molecule has 8 nitrogen and oxygen atoms in total. The maximum Gasteiger partial charge on any atom is 0.170 e. The van der Waals surface area contributed by atoms with E-state index in [1.54, 1.807) is 29.0 Å². The van der Waals surface area contributed by atoms with Crippen molar-refractivity contribution in [2.75, 3.05) is 37.0 Å². The molecule has 1 aromatic carbocycles. The van der Waals surface area contributed by atoms with Gasteiger partial charge in [0.15, 0.2) is 11.5 Å². The van der Waals surface area contributed by atoms with Crippen LogP contribution in [0.1, 0.15) is 12.1 Å². The minimum Gasteiger partial charge on any atom is -0.496 e. The van der Waals surface area contributed by atoms with Crippen molar-refractivity contribution < 1.29 is 9.13 Å². The van der Waals surface area contributed by atoms with Crippen molar-refractivity contribution >= 4 is 22.5 Å². The van der Waals surface area contributed by atoms with Gasteiger partial charge in [0, 0.05) is 44.0 Å². The summed E-state index contributed by atoms with van der Waals surface area (Å²) in [5.41, 5.74) is 2.35. The van der Waals surface area contributed by atoms with Gasteiger partial charge in [0.25, 0.3) is 0 Å². The number of aromatic nitrogens is 4. The summed E-state index contributed by atoms with van der Waals surface area (Å²) in [5.74, 6) is 1.44. The Kier molecular flexibility index (Phi) is 5.48. The van der Waals surface area contributed by atoms with Gasteiger partial charge in [-0.15, -0.1) is 0 Å². The van der Waals surface area contributed by atoms with Gasteiger partial charge in [-0.1, -0.05) is 6.07 Å². The van der Waals surface area contributed by atoms with Gasteiger partial charge in [0.2, 0.25) is 0 Å². The van der Waals surface area contributed by atoms with Crippen molar-refractivity contribution in [3.8, 4) is 23.1 Å². The molecule has 1 N–H and O–H groups in total. The third-order valence-electron chi connectivity index (χ3n) is 5.85. The molecule has 166 valence electrons. The monoisotopic (exact) mass is 443 g/mol. The SMILES string of the molecule is COc1cccc2c1c(F)c(C#N)n2CCNc1cc(-c2ccnc(N3CCC3)c2)ncn1. The zero-order valence-corrected chi connectivity index (χ0v) is 18.1. The maximum atomic E-state index is 14.9. The summed E-state index contributed by atoms with van der Waals surface area (Å²) in [7, 11) is 1.49. The second-order valence-corrected chi connectivity index (χ2v) is 7.74. The lowest BCUT2D eigenvalue weighted by Gasteiger charge is -2.32. The number of hydrogen-bond acceptors (Lipinski definition) is 7. The van der Waals surface area contributed by atoms with Gasteiger partial charge in [0.05, 0.1) is 23.7 Å². The van der Waals surface area contributed by atoms with Crippen LogP contribution in [0.2, 0.25) is 0 Å². The van der Waals surface area contributed by atoms with Crippen LogP contribution in [0.3, 0.4) is 0 Å². The molecule has 5 rings (SSSR count). The topological polar surface area (TPSA) is 91.9 Å². The van der Waals surface area contributed by atoms with E-state index in [9.17, 15) is 9.65 Å². The molecule has 9 heteroatoms. The van der Waals surface area contributed by atoms with E-state index in [1.807, 2.05) is 24.3 Å². The summed E-state index contributed by atoms with van der Waals surface area (Å²) in [5, 5.41) is 13.1. The highest BCUT2D eigenvalue weighted by Crippen LogP contribution is 2.32. The molecule has 0 aliphatic carbocycles. The number of anilines is 2. The third kappa shape index (κ3) is 3.80. The summed E-state index contributed by atoms with van der Waals surface area (Å²) in [6.45, 7) is 2.88. The van der Waals surface area contributed by atoms with Crippen molar-refractivity contribution in [3.63, 3.8) is 0 Å². The molecular formula is C24H22FN7O. The summed E-state index contributed by atoms with van der Waals surface area (Å²) in [6.07, 6.45) is 4.49. The standard InChI is InChI=1S/C24H22FN7O/c1-33-20-5-2-4-18-23(20)24(25)19(14-26)32(18)11-8-27-21-13-17(29-15-30-21)16-6-7-28-22(12-16)31-9-3-10-31/h2,4-7,12-13,15H,3,8-11H2,1H3,(H,27,29,30). The van der Waals surface area contributed by atoms with Crippen molar-refractivity contribution in [2.45, 2.75) is 13.0 Å². The molecule has 1 fully saturated rings. The Morgan fingerprint density at radius 1 is 1.18 bits per heavy atom. The summed E-state index contributed by atoms with van der Waals surface area (Å²) < 4.78 is 21.8. The molecule has 4 aromatic rings. The second kappa shape index (κ2) is 8.74. The van der Waals surface area contributed by atoms with Crippen molar-refractivity contribution in [1.29, 1.82) is 5.26 Å². The average Bonchev–Trinajstić information content (AvgIpc) is 3.09. The van der Waals surface area contributed by atoms with E-state index in [2.05, 4.69) is 25.2 Å². The zero-order valence-electron chi connectivity index (χ0n) is 18.1. The van der Waals surface area contributed by atoms with Crippen LogP contribution >= 0.6 is 0 Å². The van der Waals surface area contributed by atoms with Crippen molar-refractivity contribution in [1.82, 2.24) is 19.5 Å². The molecule has 3 aromatic heterocycles. The van der Waals surface area contributed by atoms with E-state index < -0.39 is 5.82 Å². The second-order valence-electron chi connectivity index (χ2n) is 7.74. The highest BCUT2D eigenvalue weighted by Gasteiger charge is 2.20. The smallest absolute Gasteiger partial charge is 0.170 e. The fraction of sp³-hybridized carbons (Fsp3) is 0.250. The van der Waals surface area contributed by atoms with Crippen LogP contribution in [0.25, 0.3) is 22.2 Å². The van der Waals surface area contributed by atoms with Gasteiger partial charge in [-0.3, -0.25) is 0 Å². The minimum atomic E-state index is -0.565. The molecule has 4 heterocycles. The predicted octanol–water partition coefficient (Wildman–Crippen LogP) is 3.83. The van der Waals surface area contributed by atoms with Gasteiger partial charge in [-0.25, -0.2) is 19.3 Å². The van der Waals surface area contributed by atoms with Crippen LogP contribution in [0.15, 0.2) is 48.9 Å². The Labute approximate surface area is 190 Å². The number of hydrogen-bond donors (Lipinski definition) is 1. The van der Waals surface area contributed by atoms with E-state index in [4.69, 9.17) is 4.74 Å². The highest BCUT2D eigenvalue weighted by molar-refractivity contribution is 5.89. The minimum absolute atomic E-state index is 0.0185. The fourth-order valence-electron chi connectivity index (χ4n) is 4.04. The molecule has 0 spiro atoms. The number of nitrogens with zero attached hydrogens (tertiary/aromatic N) is 6. The third-order valence-corrected chi connectivity index (χ3v) is 5.85. The lowest BCUT2D eigenvalue weighted by Crippen LogP contribution is -2.37. The number of nitriles is 1. The number of halogens is 1. The normalized spacial score (nSPS) is 12.9. The molecule has 0 radical (unpaired) electrons. The molecule has 0 unspecified atom stereocenters. The number of methoxy groups -OCH3 is 1. The molecule has 1 aliphatic rings. The first-order valence-corrected chi connectivity index (χ1v) is 10.7. The van der Waals surface area contributed by atoms with Gasteiger partial charge in [-0.2, -0.15) is 5.26 Å². The van der Waals surface area contributed by atoms with Crippen LogP contribution in [-0.4, -0.2) is 46.3 Å². The number of ether oxygens (including phenoxy) is 1. The number of benzene rings is 1. The van der Waals surface area contributed by atoms with E-state index in [0.29, 0.717) is 35.6 Å². The van der Waals surface area contributed by atoms with E-state index in [1.165, 1.54) is 19.9 Å². The first-order chi connectivity index (χ1) is 16.2. The number of rotatable bonds is 7. The van der Waals surface area contributed by atoms with Crippen LogP contribution < -0.4 is 15.0 Å².